The minimum atomic E-state index is -0.632. The Morgan fingerprint density at radius 3 is 2.50 bits per heavy atom. The van der Waals surface area contributed by atoms with Crippen LogP contribution in [0.1, 0.15) is 10.8 Å². The largest absolute Gasteiger partial charge is 0.196 e. The van der Waals surface area contributed by atoms with Crippen molar-refractivity contribution in [2.24, 2.45) is 0 Å². The van der Waals surface area contributed by atoms with Crippen LogP contribution in [0.4, 0.5) is 0 Å². The molecule has 1 aromatic heterocycles. The predicted octanol–water partition coefficient (Wildman–Crippen LogP) is 3.03. The third-order valence-electron chi connectivity index (χ3n) is 1.99. The number of rotatable bonds is 1. The van der Waals surface area contributed by atoms with Gasteiger partial charge in [0.15, 0.2) is 5.92 Å². The molecule has 1 heterocycles. The molecule has 0 saturated carbocycles. The van der Waals surface area contributed by atoms with Crippen molar-refractivity contribution in [3.05, 3.63) is 35.2 Å². The minimum absolute atomic E-state index is 0.632. The molecule has 0 aliphatic heterocycles. The van der Waals surface area contributed by atoms with Crippen molar-refractivity contribution in [3.63, 3.8) is 0 Å². The molecule has 0 N–H and O–H groups in total. The van der Waals surface area contributed by atoms with Crippen LogP contribution in [-0.2, 0) is 0 Å². The van der Waals surface area contributed by atoms with Crippen molar-refractivity contribution in [3.8, 4) is 12.1 Å². The Kier molecular flexibility index (Phi) is 2.18. The topological polar surface area (TPSA) is 47.6 Å². The summed E-state index contributed by atoms with van der Waals surface area (Å²) in [5, 5.41) is 18.6. The molecule has 0 radical (unpaired) electrons. The average Bonchev–Trinajstić information content (AvgIpc) is 2.63. The van der Waals surface area contributed by atoms with Crippen molar-refractivity contribution in [2.45, 2.75) is 5.92 Å². The van der Waals surface area contributed by atoms with Crippen molar-refractivity contribution in [2.75, 3.05) is 0 Å². The molecule has 0 saturated heterocycles. The molecule has 0 aliphatic carbocycles. The highest BCUT2D eigenvalue weighted by atomic mass is 32.1. The van der Waals surface area contributed by atoms with Gasteiger partial charge in [-0.25, -0.2) is 0 Å². The third-order valence-corrected chi connectivity index (χ3v) is 3.17. The van der Waals surface area contributed by atoms with Crippen LogP contribution in [0.3, 0.4) is 0 Å². The van der Waals surface area contributed by atoms with Crippen LogP contribution >= 0.6 is 11.3 Å². The fourth-order valence-corrected chi connectivity index (χ4v) is 2.36. The Hall–Kier alpha value is -1.84. The van der Waals surface area contributed by atoms with Gasteiger partial charge in [-0.2, -0.15) is 10.5 Å². The van der Waals surface area contributed by atoms with E-state index in [0.29, 0.717) is 0 Å². The highest BCUT2D eigenvalue weighted by Crippen LogP contribution is 2.30. The molecule has 0 aliphatic rings. The molecule has 2 nitrogen and oxygen atoms in total. The first-order valence-electron chi connectivity index (χ1n) is 4.13. The second kappa shape index (κ2) is 3.49. The van der Waals surface area contributed by atoms with Gasteiger partial charge in [0.25, 0.3) is 0 Å². The molecule has 1 aromatic carbocycles. The number of fused-ring (bicyclic) bond motifs is 1. The first kappa shape index (κ1) is 8.74. The Morgan fingerprint density at radius 2 is 1.86 bits per heavy atom. The Morgan fingerprint density at radius 1 is 1.14 bits per heavy atom. The van der Waals surface area contributed by atoms with Crippen LogP contribution in [0.5, 0.6) is 0 Å². The van der Waals surface area contributed by atoms with Gasteiger partial charge in [0.2, 0.25) is 0 Å². The lowest BCUT2D eigenvalue weighted by Gasteiger charge is -1.90. The Bertz CT molecular complexity index is 495. The van der Waals surface area contributed by atoms with E-state index in [1.807, 2.05) is 42.5 Å². The monoisotopic (exact) mass is 198 g/mol. The van der Waals surface area contributed by atoms with Crippen molar-refractivity contribution >= 4 is 21.4 Å². The van der Waals surface area contributed by atoms with Gasteiger partial charge in [0, 0.05) is 9.58 Å². The van der Waals surface area contributed by atoms with Gasteiger partial charge in [0.05, 0.1) is 12.1 Å². The molecule has 0 fully saturated rings. The zero-order valence-corrected chi connectivity index (χ0v) is 8.08. The van der Waals surface area contributed by atoms with E-state index < -0.39 is 5.92 Å². The summed E-state index contributed by atoms with van der Waals surface area (Å²) in [4.78, 5) is 0.830. The molecule has 0 unspecified atom stereocenters. The number of hydrogen-bond donors (Lipinski definition) is 0. The van der Waals surface area contributed by atoms with Crippen molar-refractivity contribution in [1.29, 1.82) is 10.5 Å². The van der Waals surface area contributed by atoms with E-state index >= 15 is 0 Å². The van der Waals surface area contributed by atoms with E-state index in [0.717, 1.165) is 15.0 Å². The van der Waals surface area contributed by atoms with E-state index in [-0.39, 0.29) is 0 Å². The fraction of sp³-hybridized carbons (Fsp3) is 0.0909. The summed E-state index contributed by atoms with van der Waals surface area (Å²) < 4.78 is 1.12. The van der Waals surface area contributed by atoms with Crippen LogP contribution in [0.2, 0.25) is 0 Å². The summed E-state index contributed by atoms with van der Waals surface area (Å²) in [6.07, 6.45) is 0. The van der Waals surface area contributed by atoms with Crippen molar-refractivity contribution in [1.82, 2.24) is 0 Å². The summed E-state index contributed by atoms with van der Waals surface area (Å²) in [7, 11) is 0. The van der Waals surface area contributed by atoms with Crippen LogP contribution in [0.15, 0.2) is 30.3 Å². The summed E-state index contributed by atoms with van der Waals surface area (Å²) in [6, 6.07) is 13.8. The van der Waals surface area contributed by atoms with Gasteiger partial charge in [-0.05, 0) is 17.5 Å². The molecule has 0 amide bonds. The summed E-state index contributed by atoms with van der Waals surface area (Å²) in [5.74, 6) is -0.632. The second-order valence-corrected chi connectivity index (χ2v) is 3.99. The SMILES string of the molecule is N#CC(C#N)c1cc2ccccc2s1. The zero-order valence-electron chi connectivity index (χ0n) is 7.27. The van der Waals surface area contributed by atoms with E-state index in [1.54, 1.807) is 0 Å². The van der Waals surface area contributed by atoms with Crippen LogP contribution < -0.4 is 0 Å². The van der Waals surface area contributed by atoms with Gasteiger partial charge in [-0.3, -0.25) is 0 Å². The smallest absolute Gasteiger partial charge is 0.167 e. The van der Waals surface area contributed by atoms with Crippen LogP contribution in [-0.4, -0.2) is 0 Å². The van der Waals surface area contributed by atoms with E-state index in [9.17, 15) is 0 Å². The molecular weight excluding hydrogens is 192 g/mol. The third kappa shape index (κ3) is 1.35. The quantitative estimate of drug-likeness (QED) is 0.707. The lowest BCUT2D eigenvalue weighted by atomic mass is 10.1. The maximum absolute atomic E-state index is 8.74. The second-order valence-electron chi connectivity index (χ2n) is 2.88. The average molecular weight is 198 g/mol. The number of benzene rings is 1. The number of nitriles is 2. The Labute approximate surface area is 85.6 Å². The zero-order chi connectivity index (χ0) is 9.97. The number of nitrogens with zero attached hydrogens (tertiary/aromatic N) is 2. The van der Waals surface area contributed by atoms with Gasteiger partial charge >= 0.3 is 0 Å². The fourth-order valence-electron chi connectivity index (χ4n) is 1.30. The maximum Gasteiger partial charge on any atom is 0.167 e. The number of thiophene rings is 1. The summed E-state index contributed by atoms with van der Waals surface area (Å²) >= 11 is 1.51. The lowest BCUT2D eigenvalue weighted by molar-refractivity contribution is 1.14. The van der Waals surface area contributed by atoms with Gasteiger partial charge in [-0.15, -0.1) is 11.3 Å². The van der Waals surface area contributed by atoms with E-state index in [2.05, 4.69) is 0 Å². The summed E-state index contributed by atoms with van der Waals surface area (Å²) in [5.41, 5.74) is 0. The molecule has 66 valence electrons. The van der Waals surface area contributed by atoms with Gasteiger partial charge < -0.3 is 0 Å². The van der Waals surface area contributed by atoms with E-state index in [1.165, 1.54) is 11.3 Å². The standard InChI is InChI=1S/C11H6N2S/c12-6-9(7-13)11-5-8-3-1-2-4-10(8)14-11/h1-5,9H. The van der Waals surface area contributed by atoms with Crippen LogP contribution in [0, 0.1) is 22.7 Å². The predicted molar refractivity (Wildman–Crippen MR) is 55.8 cm³/mol. The molecule has 0 atom stereocenters. The molecule has 3 heteroatoms. The van der Waals surface area contributed by atoms with E-state index in [4.69, 9.17) is 10.5 Å². The first-order chi connectivity index (χ1) is 6.85. The van der Waals surface area contributed by atoms with Gasteiger partial charge in [0.1, 0.15) is 0 Å². The molecule has 14 heavy (non-hydrogen) atoms. The van der Waals surface area contributed by atoms with Gasteiger partial charge in [-0.1, -0.05) is 18.2 Å². The molecule has 0 bridgehead atoms. The normalized spacial score (nSPS) is 9.93. The minimum Gasteiger partial charge on any atom is -0.196 e. The summed E-state index contributed by atoms with van der Waals surface area (Å²) in [6.45, 7) is 0. The molecule has 2 aromatic rings. The maximum atomic E-state index is 8.74. The highest BCUT2D eigenvalue weighted by Gasteiger charge is 2.11. The first-order valence-corrected chi connectivity index (χ1v) is 4.94. The number of hydrogen-bond acceptors (Lipinski definition) is 3. The molecular formula is C11H6N2S. The van der Waals surface area contributed by atoms with Crippen LogP contribution in [0.25, 0.3) is 10.1 Å². The highest BCUT2D eigenvalue weighted by molar-refractivity contribution is 7.19. The molecule has 0 spiro atoms. The lowest BCUT2D eigenvalue weighted by Crippen LogP contribution is -1.85. The Balaban J connectivity index is 2.57. The van der Waals surface area contributed by atoms with Crippen molar-refractivity contribution < 1.29 is 0 Å². The molecule has 2 rings (SSSR count).